The van der Waals surface area contributed by atoms with Gasteiger partial charge < -0.3 is 19.1 Å². The number of thiazole rings is 1. The molecular formula is C23H24N2O4S. The van der Waals surface area contributed by atoms with Crippen molar-refractivity contribution < 1.29 is 19.0 Å². The molecule has 2 heterocycles. The van der Waals surface area contributed by atoms with E-state index in [0.717, 1.165) is 16.1 Å². The molecule has 3 aromatic rings. The first-order valence-corrected chi connectivity index (χ1v) is 10.8. The third-order valence-corrected chi connectivity index (χ3v) is 5.71. The number of carbonyl (C=O) groups is 1. The smallest absolute Gasteiger partial charge is 0.260 e. The molecule has 156 valence electrons. The third kappa shape index (κ3) is 4.98. The largest absolute Gasteiger partial charge is 0.490 e. The lowest BCUT2D eigenvalue weighted by atomic mass is 10.2. The Labute approximate surface area is 179 Å². The van der Waals surface area contributed by atoms with Gasteiger partial charge in [0, 0.05) is 13.1 Å². The van der Waals surface area contributed by atoms with Gasteiger partial charge in [-0.25, -0.2) is 4.98 Å². The highest BCUT2D eigenvalue weighted by molar-refractivity contribution is 7.19. The summed E-state index contributed by atoms with van der Waals surface area (Å²) >= 11 is 1.65. The lowest BCUT2D eigenvalue weighted by Gasteiger charge is -2.26. The van der Waals surface area contributed by atoms with Gasteiger partial charge in [0.15, 0.2) is 18.1 Å². The van der Waals surface area contributed by atoms with Gasteiger partial charge in [0.2, 0.25) is 0 Å². The van der Waals surface area contributed by atoms with E-state index in [9.17, 15) is 4.79 Å². The van der Waals surface area contributed by atoms with Crippen LogP contribution in [-0.4, -0.2) is 55.3 Å². The van der Waals surface area contributed by atoms with Crippen molar-refractivity contribution in [2.75, 3.05) is 39.5 Å². The molecule has 0 atom stereocenters. The number of amides is 1. The maximum absolute atomic E-state index is 12.3. The van der Waals surface area contributed by atoms with Crippen LogP contribution in [0.5, 0.6) is 11.5 Å². The summed E-state index contributed by atoms with van der Waals surface area (Å²) in [5, 5.41) is 0.950. The standard InChI is InChI=1S/C23H24N2O4S/c1-2-28-20-15-17(8-10-22-24-18-5-3-4-6-21(18)30-22)7-9-19(20)29-16-23(26)25-11-13-27-14-12-25/h3-10,15H,2,11-14,16H2,1H3/b10-8+. The van der Waals surface area contributed by atoms with Gasteiger partial charge in [-0.2, -0.15) is 0 Å². The lowest BCUT2D eigenvalue weighted by Crippen LogP contribution is -2.43. The quantitative estimate of drug-likeness (QED) is 0.571. The second kappa shape index (κ2) is 9.73. The van der Waals surface area contributed by atoms with Crippen LogP contribution in [0.25, 0.3) is 22.4 Å². The zero-order valence-corrected chi connectivity index (χ0v) is 17.7. The summed E-state index contributed by atoms with van der Waals surface area (Å²) in [7, 11) is 0. The average molecular weight is 425 g/mol. The van der Waals surface area contributed by atoms with Crippen LogP contribution in [0.15, 0.2) is 42.5 Å². The number of benzene rings is 2. The zero-order valence-electron chi connectivity index (χ0n) is 16.9. The Morgan fingerprint density at radius 3 is 2.77 bits per heavy atom. The van der Waals surface area contributed by atoms with Crippen LogP contribution in [0.1, 0.15) is 17.5 Å². The summed E-state index contributed by atoms with van der Waals surface area (Å²) in [5.41, 5.74) is 1.98. The topological polar surface area (TPSA) is 60.9 Å². The fourth-order valence-electron chi connectivity index (χ4n) is 3.19. The van der Waals surface area contributed by atoms with Gasteiger partial charge in [-0.1, -0.05) is 24.3 Å². The normalized spacial score (nSPS) is 14.4. The van der Waals surface area contributed by atoms with Crippen LogP contribution >= 0.6 is 11.3 Å². The van der Waals surface area contributed by atoms with Crippen molar-refractivity contribution in [2.45, 2.75) is 6.92 Å². The van der Waals surface area contributed by atoms with Crippen LogP contribution in [0, 0.1) is 0 Å². The van der Waals surface area contributed by atoms with Crippen molar-refractivity contribution in [2.24, 2.45) is 0 Å². The van der Waals surface area contributed by atoms with Crippen molar-refractivity contribution >= 4 is 39.6 Å². The Balaban J connectivity index is 1.44. The number of hydrogen-bond donors (Lipinski definition) is 0. The van der Waals surface area contributed by atoms with Crippen molar-refractivity contribution in [3.05, 3.63) is 53.0 Å². The summed E-state index contributed by atoms with van der Waals surface area (Å²) in [6.07, 6.45) is 4.00. The first-order valence-electron chi connectivity index (χ1n) is 10.0. The van der Waals surface area contributed by atoms with Gasteiger partial charge in [0.25, 0.3) is 5.91 Å². The number of hydrogen-bond acceptors (Lipinski definition) is 6. The molecule has 1 amide bonds. The highest BCUT2D eigenvalue weighted by Gasteiger charge is 2.18. The number of ether oxygens (including phenoxy) is 3. The number of rotatable bonds is 7. The molecule has 0 bridgehead atoms. The lowest BCUT2D eigenvalue weighted by molar-refractivity contribution is -0.137. The van der Waals surface area contributed by atoms with Crippen molar-refractivity contribution in [3.63, 3.8) is 0 Å². The highest BCUT2D eigenvalue weighted by atomic mass is 32.1. The molecular weight excluding hydrogens is 400 g/mol. The molecule has 7 heteroatoms. The zero-order chi connectivity index (χ0) is 20.8. The summed E-state index contributed by atoms with van der Waals surface area (Å²) < 4.78 is 18.0. The molecule has 0 unspecified atom stereocenters. The van der Waals surface area contributed by atoms with E-state index in [0.29, 0.717) is 44.4 Å². The van der Waals surface area contributed by atoms with Gasteiger partial charge >= 0.3 is 0 Å². The highest BCUT2D eigenvalue weighted by Crippen LogP contribution is 2.30. The van der Waals surface area contributed by atoms with Gasteiger partial charge in [-0.15, -0.1) is 11.3 Å². The minimum atomic E-state index is -0.0412. The van der Waals surface area contributed by atoms with E-state index >= 15 is 0 Å². The van der Waals surface area contributed by atoms with Crippen LogP contribution in [0.2, 0.25) is 0 Å². The first-order chi connectivity index (χ1) is 14.7. The molecule has 0 saturated carbocycles. The Bertz CT molecular complexity index is 1010. The van der Waals surface area contributed by atoms with Crippen LogP contribution < -0.4 is 9.47 Å². The monoisotopic (exact) mass is 424 g/mol. The predicted octanol–water partition coefficient (Wildman–Crippen LogP) is 4.10. The van der Waals surface area contributed by atoms with E-state index in [1.54, 1.807) is 16.2 Å². The fraction of sp³-hybridized carbons (Fsp3) is 0.304. The summed E-state index contributed by atoms with van der Waals surface area (Å²) in [4.78, 5) is 18.7. The molecule has 0 spiro atoms. The molecule has 1 aliphatic rings. The number of para-hydroxylation sites is 1. The second-order valence-corrected chi connectivity index (χ2v) is 7.84. The van der Waals surface area contributed by atoms with Crippen molar-refractivity contribution in [1.29, 1.82) is 0 Å². The molecule has 1 fully saturated rings. The van der Waals surface area contributed by atoms with Crippen molar-refractivity contribution in [3.8, 4) is 11.5 Å². The number of carbonyl (C=O) groups excluding carboxylic acids is 1. The summed E-state index contributed by atoms with van der Waals surface area (Å²) in [6, 6.07) is 13.8. The molecule has 1 saturated heterocycles. The SMILES string of the molecule is CCOc1cc(/C=C/c2nc3ccccc3s2)ccc1OCC(=O)N1CCOCC1. The molecule has 2 aromatic carbocycles. The average Bonchev–Trinajstić information content (AvgIpc) is 3.21. The Morgan fingerprint density at radius 2 is 1.97 bits per heavy atom. The molecule has 0 aliphatic carbocycles. The van der Waals surface area contributed by atoms with Crippen molar-refractivity contribution in [1.82, 2.24) is 9.88 Å². The van der Waals surface area contributed by atoms with E-state index < -0.39 is 0 Å². The number of aromatic nitrogens is 1. The summed E-state index contributed by atoms with van der Waals surface area (Å²) in [5.74, 6) is 1.15. The third-order valence-electron chi connectivity index (χ3n) is 4.71. The maximum atomic E-state index is 12.3. The maximum Gasteiger partial charge on any atom is 0.260 e. The molecule has 0 radical (unpaired) electrons. The number of fused-ring (bicyclic) bond motifs is 1. The fourth-order valence-corrected chi connectivity index (χ4v) is 4.06. The minimum absolute atomic E-state index is 0.0129. The molecule has 0 N–H and O–H groups in total. The van der Waals surface area contributed by atoms with Crippen LogP contribution in [0.3, 0.4) is 0 Å². The Morgan fingerprint density at radius 1 is 1.13 bits per heavy atom. The molecule has 4 rings (SSSR count). The molecule has 1 aliphatic heterocycles. The predicted molar refractivity (Wildman–Crippen MR) is 119 cm³/mol. The van der Waals surface area contributed by atoms with Gasteiger partial charge in [-0.3, -0.25) is 4.79 Å². The van der Waals surface area contributed by atoms with E-state index in [2.05, 4.69) is 11.1 Å². The van der Waals surface area contributed by atoms with Gasteiger partial charge in [0.05, 0.1) is 30.0 Å². The van der Waals surface area contributed by atoms with E-state index in [4.69, 9.17) is 14.2 Å². The number of morpholine rings is 1. The Kier molecular flexibility index (Phi) is 6.61. The minimum Gasteiger partial charge on any atom is -0.490 e. The molecule has 6 nitrogen and oxygen atoms in total. The molecule has 30 heavy (non-hydrogen) atoms. The van der Waals surface area contributed by atoms with E-state index in [1.807, 2.05) is 55.5 Å². The second-order valence-electron chi connectivity index (χ2n) is 6.77. The van der Waals surface area contributed by atoms with E-state index in [1.165, 1.54) is 4.70 Å². The number of nitrogens with zero attached hydrogens (tertiary/aromatic N) is 2. The van der Waals surface area contributed by atoms with Gasteiger partial charge in [0.1, 0.15) is 5.01 Å². The Hall–Kier alpha value is -2.90. The molecule has 1 aromatic heterocycles. The van der Waals surface area contributed by atoms with Crippen LogP contribution in [-0.2, 0) is 9.53 Å². The first kappa shape index (κ1) is 20.4. The van der Waals surface area contributed by atoms with Crippen LogP contribution in [0.4, 0.5) is 0 Å². The summed E-state index contributed by atoms with van der Waals surface area (Å²) in [6.45, 7) is 4.79. The van der Waals surface area contributed by atoms with Gasteiger partial charge in [-0.05, 0) is 42.8 Å². The van der Waals surface area contributed by atoms with E-state index in [-0.39, 0.29) is 12.5 Å².